The van der Waals surface area contributed by atoms with Crippen LogP contribution in [0.25, 0.3) is 5.69 Å². The monoisotopic (exact) mass is 359 g/mol. The van der Waals surface area contributed by atoms with Gasteiger partial charge in [0, 0.05) is 6.07 Å². The van der Waals surface area contributed by atoms with Crippen LogP contribution in [0, 0.1) is 0 Å². The minimum Gasteiger partial charge on any atom is -0.384 e. The molecule has 2 amide bonds. The van der Waals surface area contributed by atoms with Crippen molar-refractivity contribution >= 4 is 17.6 Å². The molecule has 0 saturated heterocycles. The summed E-state index contributed by atoms with van der Waals surface area (Å²) < 4.78 is 1.25. The van der Waals surface area contributed by atoms with Gasteiger partial charge >= 0.3 is 0 Å². The molecule has 2 heterocycles. The number of rotatable bonds is 4. The molecule has 6 nitrogen and oxygen atoms in total. The Balaban J connectivity index is 1.63. The molecule has 27 heavy (non-hydrogen) atoms. The number of anilines is 1. The van der Waals surface area contributed by atoms with E-state index in [1.807, 2.05) is 30.3 Å². The van der Waals surface area contributed by atoms with Crippen molar-refractivity contribution in [3.05, 3.63) is 93.3 Å². The Labute approximate surface area is 155 Å². The van der Waals surface area contributed by atoms with Gasteiger partial charge in [-0.05, 0) is 36.1 Å². The molecule has 3 aromatic rings. The average molecular weight is 359 g/mol. The summed E-state index contributed by atoms with van der Waals surface area (Å²) in [4.78, 5) is 36.1. The number of aryl methyl sites for hydroxylation is 2. The molecular formula is C21H17N3O3. The van der Waals surface area contributed by atoms with Crippen LogP contribution in [-0.4, -0.2) is 16.4 Å². The van der Waals surface area contributed by atoms with Crippen LogP contribution in [0.5, 0.6) is 0 Å². The summed E-state index contributed by atoms with van der Waals surface area (Å²) in [5, 5.41) is 2.16. The second-order valence-electron chi connectivity index (χ2n) is 6.43. The number of amides is 2. The van der Waals surface area contributed by atoms with Crippen molar-refractivity contribution in [3.8, 4) is 5.69 Å². The number of hydrogen-bond donors (Lipinski definition) is 2. The van der Waals surface area contributed by atoms with E-state index in [1.165, 1.54) is 10.1 Å². The van der Waals surface area contributed by atoms with Crippen molar-refractivity contribution < 1.29 is 9.59 Å². The van der Waals surface area contributed by atoms with Crippen molar-refractivity contribution in [3.63, 3.8) is 0 Å². The number of imide groups is 1. The molecule has 0 bridgehead atoms. The molecule has 0 fully saturated rings. The molecule has 3 N–H and O–H groups in total. The Hall–Kier alpha value is -3.67. The van der Waals surface area contributed by atoms with Gasteiger partial charge in [-0.25, -0.2) is 0 Å². The normalized spacial score (nSPS) is 12.7. The van der Waals surface area contributed by atoms with Crippen LogP contribution >= 0.6 is 0 Å². The Morgan fingerprint density at radius 1 is 0.815 bits per heavy atom. The predicted molar refractivity (Wildman–Crippen MR) is 102 cm³/mol. The van der Waals surface area contributed by atoms with Gasteiger partial charge in [-0.15, -0.1) is 0 Å². The fourth-order valence-corrected chi connectivity index (χ4v) is 3.29. The number of carbonyl (C=O) groups is 2. The number of carbonyl (C=O) groups excluding carboxylic acids is 2. The molecule has 4 rings (SSSR count). The second-order valence-corrected chi connectivity index (χ2v) is 6.43. The number of nitrogen functional groups attached to an aromatic ring is 1. The topological polar surface area (TPSA) is 94.2 Å². The van der Waals surface area contributed by atoms with Crippen molar-refractivity contribution in [1.29, 1.82) is 0 Å². The van der Waals surface area contributed by atoms with Crippen LogP contribution in [-0.2, 0) is 12.8 Å². The van der Waals surface area contributed by atoms with Gasteiger partial charge in [0.2, 0.25) is 0 Å². The third kappa shape index (κ3) is 3.01. The molecule has 0 spiro atoms. The first-order valence-electron chi connectivity index (χ1n) is 8.59. The second kappa shape index (κ2) is 6.57. The molecule has 0 atom stereocenters. The van der Waals surface area contributed by atoms with Gasteiger partial charge < -0.3 is 5.73 Å². The summed E-state index contributed by atoms with van der Waals surface area (Å²) in [5.41, 5.74) is 8.61. The maximum absolute atomic E-state index is 12.4. The molecule has 0 saturated carbocycles. The van der Waals surface area contributed by atoms with Gasteiger partial charge in [-0.3, -0.25) is 24.3 Å². The minimum atomic E-state index is -0.595. The van der Waals surface area contributed by atoms with E-state index in [0.717, 1.165) is 24.5 Å². The van der Waals surface area contributed by atoms with E-state index < -0.39 is 17.4 Å². The van der Waals surface area contributed by atoms with Crippen molar-refractivity contribution in [2.24, 2.45) is 0 Å². The van der Waals surface area contributed by atoms with Crippen LogP contribution in [0.4, 0.5) is 5.82 Å². The Morgan fingerprint density at radius 2 is 1.44 bits per heavy atom. The quantitative estimate of drug-likeness (QED) is 0.698. The maximum atomic E-state index is 12.4. The molecule has 1 aromatic heterocycles. The fraction of sp³-hybridized carbons (Fsp3) is 0.0952. The molecular weight excluding hydrogens is 342 g/mol. The van der Waals surface area contributed by atoms with E-state index in [0.29, 0.717) is 5.69 Å². The van der Waals surface area contributed by atoms with E-state index in [9.17, 15) is 14.4 Å². The van der Waals surface area contributed by atoms with E-state index in [1.54, 1.807) is 12.1 Å². The van der Waals surface area contributed by atoms with Gasteiger partial charge in [0.15, 0.2) is 0 Å². The zero-order chi connectivity index (χ0) is 19.0. The van der Waals surface area contributed by atoms with Gasteiger partial charge in [-0.2, -0.15) is 0 Å². The van der Waals surface area contributed by atoms with Crippen molar-refractivity contribution in [2.75, 3.05) is 5.73 Å². The summed E-state index contributed by atoms with van der Waals surface area (Å²) in [6.07, 6.45) is 1.79. The molecule has 0 radical (unpaired) electrons. The zero-order valence-electron chi connectivity index (χ0n) is 14.4. The number of benzene rings is 2. The van der Waals surface area contributed by atoms with Crippen LogP contribution in [0.3, 0.4) is 0 Å². The first kappa shape index (κ1) is 16.8. The largest absolute Gasteiger partial charge is 0.384 e. The zero-order valence-corrected chi connectivity index (χ0v) is 14.4. The number of nitrogens with one attached hydrogen (secondary N) is 1. The van der Waals surface area contributed by atoms with Crippen molar-refractivity contribution in [1.82, 2.24) is 9.88 Å². The number of nitrogens with zero attached hydrogens (tertiary/aromatic N) is 1. The molecule has 1 aliphatic rings. The van der Waals surface area contributed by atoms with Crippen LogP contribution in [0.1, 0.15) is 31.8 Å². The van der Waals surface area contributed by atoms with Gasteiger partial charge in [0.05, 0.1) is 16.8 Å². The summed E-state index contributed by atoms with van der Waals surface area (Å²) in [6, 6.07) is 18.8. The van der Waals surface area contributed by atoms with Crippen LogP contribution in [0.2, 0.25) is 0 Å². The number of fused-ring (bicyclic) bond motifs is 1. The van der Waals surface area contributed by atoms with Crippen LogP contribution < -0.4 is 16.6 Å². The Morgan fingerprint density at radius 3 is 2.11 bits per heavy atom. The van der Waals surface area contributed by atoms with E-state index in [4.69, 9.17) is 5.73 Å². The minimum absolute atomic E-state index is 0.0261. The lowest BCUT2D eigenvalue weighted by atomic mass is 10.0. The summed E-state index contributed by atoms with van der Waals surface area (Å²) >= 11 is 0. The third-order valence-electron chi connectivity index (χ3n) is 4.69. The highest BCUT2D eigenvalue weighted by Crippen LogP contribution is 2.23. The highest BCUT2D eigenvalue weighted by atomic mass is 16.2. The first-order valence-corrected chi connectivity index (χ1v) is 8.59. The van der Waals surface area contributed by atoms with Gasteiger partial charge in [-0.1, -0.05) is 42.5 Å². The van der Waals surface area contributed by atoms with Crippen molar-refractivity contribution in [2.45, 2.75) is 12.8 Å². The lowest BCUT2D eigenvalue weighted by Crippen LogP contribution is -2.24. The highest BCUT2D eigenvalue weighted by Gasteiger charge is 2.31. The molecule has 134 valence electrons. The Bertz CT molecular complexity index is 1100. The number of aromatic nitrogens is 1. The molecule has 0 unspecified atom stereocenters. The lowest BCUT2D eigenvalue weighted by molar-refractivity contribution is 0.0880. The standard InChI is InChI=1S/C21H17N3O3/c22-19-18-16(20(26)23-21(18)27)12-17(25)24(19)15-10-8-14(9-11-15)7-6-13-4-2-1-3-5-13/h1-5,8-12H,6-7,22H2,(H,23,26,27). The van der Waals surface area contributed by atoms with Crippen LogP contribution in [0.15, 0.2) is 65.5 Å². The van der Waals surface area contributed by atoms with Gasteiger partial charge in [0.1, 0.15) is 5.82 Å². The van der Waals surface area contributed by atoms with E-state index in [-0.39, 0.29) is 16.9 Å². The maximum Gasteiger partial charge on any atom is 0.262 e. The third-order valence-corrected chi connectivity index (χ3v) is 4.69. The summed E-state index contributed by atoms with van der Waals surface area (Å²) in [7, 11) is 0. The van der Waals surface area contributed by atoms with E-state index >= 15 is 0 Å². The summed E-state index contributed by atoms with van der Waals surface area (Å²) in [6.45, 7) is 0. The number of hydrogen-bond acceptors (Lipinski definition) is 4. The predicted octanol–water partition coefficient (Wildman–Crippen LogP) is 2.09. The van der Waals surface area contributed by atoms with E-state index in [2.05, 4.69) is 17.4 Å². The summed E-state index contributed by atoms with van der Waals surface area (Å²) in [5.74, 6) is -1.21. The van der Waals surface area contributed by atoms with Gasteiger partial charge in [0.25, 0.3) is 17.4 Å². The molecule has 6 heteroatoms. The first-order chi connectivity index (χ1) is 13.0. The smallest absolute Gasteiger partial charge is 0.262 e. The number of nitrogens with two attached hydrogens (primary N) is 1. The Kier molecular flexibility index (Phi) is 4.08. The molecule has 2 aromatic carbocycles. The molecule has 0 aliphatic carbocycles. The SMILES string of the molecule is Nc1c2c(cc(=O)n1-c1ccc(CCc3ccccc3)cc1)C(=O)NC2=O. The lowest BCUT2D eigenvalue weighted by Gasteiger charge is -2.12. The average Bonchev–Trinajstić information content (AvgIpc) is 2.95. The fourth-order valence-electron chi connectivity index (χ4n) is 3.29. The number of pyridine rings is 1. The highest BCUT2D eigenvalue weighted by molar-refractivity contribution is 6.23. The molecule has 1 aliphatic heterocycles.